The van der Waals surface area contributed by atoms with Crippen molar-refractivity contribution in [1.29, 1.82) is 0 Å². The van der Waals surface area contributed by atoms with Crippen molar-refractivity contribution >= 4 is 0 Å². The van der Waals surface area contributed by atoms with E-state index in [0.29, 0.717) is 31.1 Å². The molecular formula is C39H64O12. The van der Waals surface area contributed by atoms with Crippen molar-refractivity contribution in [3.05, 3.63) is 35.5 Å². The quantitative estimate of drug-likeness (QED) is 0.150. The fourth-order valence-electron chi connectivity index (χ4n) is 10.3. The van der Waals surface area contributed by atoms with Crippen molar-refractivity contribution in [3.8, 4) is 0 Å². The van der Waals surface area contributed by atoms with Gasteiger partial charge in [0.1, 0.15) is 48.3 Å². The average molecular weight is 725 g/mol. The van der Waals surface area contributed by atoms with Crippen LogP contribution in [0.1, 0.15) is 91.9 Å². The van der Waals surface area contributed by atoms with Gasteiger partial charge in [-0.3, -0.25) is 0 Å². The molecule has 2 aliphatic heterocycles. The van der Waals surface area contributed by atoms with Crippen LogP contribution < -0.4 is 0 Å². The molecule has 0 amide bonds. The summed E-state index contributed by atoms with van der Waals surface area (Å²) in [6.45, 7) is 11.8. The highest BCUT2D eigenvalue weighted by atomic mass is 16.7. The highest BCUT2D eigenvalue weighted by Gasteiger charge is 2.66. The Balaban J connectivity index is 1.55. The molecular weight excluding hydrogens is 660 g/mol. The predicted molar refractivity (Wildman–Crippen MR) is 188 cm³/mol. The van der Waals surface area contributed by atoms with Crippen LogP contribution in [0, 0.1) is 35.0 Å². The van der Waals surface area contributed by atoms with Gasteiger partial charge in [-0.2, -0.15) is 0 Å². The first-order chi connectivity index (χ1) is 24.1. The Morgan fingerprint density at radius 1 is 0.941 bits per heavy atom. The van der Waals surface area contributed by atoms with Crippen LogP contribution in [0.5, 0.6) is 0 Å². The molecule has 2 saturated heterocycles. The molecule has 5 aliphatic rings. The van der Waals surface area contributed by atoms with E-state index in [2.05, 4.69) is 46.4 Å². The molecule has 2 heterocycles. The molecule has 16 atom stereocenters. The van der Waals surface area contributed by atoms with Crippen LogP contribution in [0.4, 0.5) is 0 Å². The minimum absolute atomic E-state index is 0.175. The van der Waals surface area contributed by atoms with E-state index in [0.717, 1.165) is 61.7 Å². The zero-order valence-corrected chi connectivity index (χ0v) is 30.8. The van der Waals surface area contributed by atoms with Gasteiger partial charge in [0.15, 0.2) is 12.6 Å². The van der Waals surface area contributed by atoms with Crippen LogP contribution in [0.25, 0.3) is 0 Å². The molecule has 12 nitrogen and oxygen atoms in total. The third kappa shape index (κ3) is 7.95. The summed E-state index contributed by atoms with van der Waals surface area (Å²) in [6.07, 6.45) is -3.18. The Bertz CT molecular complexity index is 1250. The van der Waals surface area contributed by atoms with E-state index in [-0.39, 0.29) is 17.3 Å². The summed E-state index contributed by atoms with van der Waals surface area (Å²) in [6, 6.07) is 0. The minimum atomic E-state index is -1.83. The van der Waals surface area contributed by atoms with Gasteiger partial charge in [-0.15, -0.1) is 0 Å². The maximum Gasteiger partial charge on any atom is 0.187 e. The molecule has 5 fully saturated rings. The molecule has 0 aromatic rings. The van der Waals surface area contributed by atoms with Gasteiger partial charge in [0.25, 0.3) is 0 Å². The molecule has 0 radical (unpaired) electrons. The molecule has 12 heteroatoms. The third-order valence-corrected chi connectivity index (χ3v) is 13.2. The van der Waals surface area contributed by atoms with Crippen LogP contribution in [-0.4, -0.2) is 126 Å². The van der Waals surface area contributed by atoms with Crippen molar-refractivity contribution in [3.63, 3.8) is 0 Å². The van der Waals surface area contributed by atoms with E-state index in [4.69, 9.17) is 14.2 Å². The molecule has 0 aromatic heterocycles. The number of aliphatic hydroxyl groups is 9. The fraction of sp³-hybridized carbons (Fsp3) is 0.846. The number of aliphatic hydroxyl groups excluding tert-OH is 9. The molecule has 9 N–H and O–H groups in total. The molecule has 3 aliphatic carbocycles. The van der Waals surface area contributed by atoms with Crippen molar-refractivity contribution in [2.75, 3.05) is 13.2 Å². The van der Waals surface area contributed by atoms with E-state index in [1.807, 2.05) is 0 Å². The van der Waals surface area contributed by atoms with Crippen molar-refractivity contribution in [1.82, 2.24) is 0 Å². The summed E-state index contributed by atoms with van der Waals surface area (Å²) in [5.74, 6) is 0.330. The summed E-state index contributed by atoms with van der Waals surface area (Å²) >= 11 is 0. The Kier molecular flexibility index (Phi) is 13.3. The fourth-order valence-corrected chi connectivity index (χ4v) is 10.3. The third-order valence-electron chi connectivity index (χ3n) is 13.2. The van der Waals surface area contributed by atoms with Gasteiger partial charge in [0.05, 0.1) is 19.3 Å². The highest BCUT2D eigenvalue weighted by molar-refractivity contribution is 5.37. The number of allylic oxidation sites excluding steroid dienone is 4. The van der Waals surface area contributed by atoms with Gasteiger partial charge in [0, 0.05) is 5.92 Å². The number of ether oxygens (including phenoxy) is 3. The van der Waals surface area contributed by atoms with Gasteiger partial charge in [-0.1, -0.05) is 76.8 Å². The highest BCUT2D eigenvalue weighted by Crippen LogP contribution is 2.65. The van der Waals surface area contributed by atoms with Crippen LogP contribution in [0.15, 0.2) is 35.5 Å². The van der Waals surface area contributed by atoms with Crippen molar-refractivity contribution in [2.24, 2.45) is 35.0 Å². The number of rotatable bonds is 11. The van der Waals surface area contributed by atoms with E-state index >= 15 is 0 Å². The lowest BCUT2D eigenvalue weighted by Crippen LogP contribution is -2.71. The number of hydrogen-bond donors (Lipinski definition) is 9. The summed E-state index contributed by atoms with van der Waals surface area (Å²) < 4.78 is 17.7. The summed E-state index contributed by atoms with van der Waals surface area (Å²) in [7, 11) is 0. The monoisotopic (exact) mass is 724 g/mol. The first-order valence-electron chi connectivity index (χ1n) is 19.1. The second-order valence-electron chi connectivity index (χ2n) is 16.9. The lowest BCUT2D eigenvalue weighted by Gasteiger charge is -2.54. The van der Waals surface area contributed by atoms with Gasteiger partial charge >= 0.3 is 0 Å². The first-order valence-corrected chi connectivity index (χ1v) is 19.1. The maximum absolute atomic E-state index is 11.8. The second-order valence-corrected chi connectivity index (χ2v) is 16.9. The van der Waals surface area contributed by atoms with E-state index < -0.39 is 86.1 Å². The van der Waals surface area contributed by atoms with Crippen molar-refractivity contribution < 1.29 is 60.2 Å². The number of hydrogen-bond acceptors (Lipinski definition) is 12. The normalized spacial score (nSPS) is 47.3. The van der Waals surface area contributed by atoms with Gasteiger partial charge < -0.3 is 60.2 Å². The molecule has 0 bridgehead atoms. The number of fused-ring (bicyclic) bond motifs is 1. The lowest BCUT2D eigenvalue weighted by molar-refractivity contribution is -0.384. The minimum Gasteiger partial charge on any atom is -0.394 e. The zero-order chi connectivity index (χ0) is 37.4. The van der Waals surface area contributed by atoms with Crippen LogP contribution in [0.3, 0.4) is 0 Å². The predicted octanol–water partition coefficient (Wildman–Crippen LogP) is 1.83. The Morgan fingerprint density at radius 3 is 2.33 bits per heavy atom. The molecule has 0 aromatic carbocycles. The largest absolute Gasteiger partial charge is 0.394 e. The Hall–Kier alpha value is -1.26. The summed E-state index contributed by atoms with van der Waals surface area (Å²) in [4.78, 5) is 0. The van der Waals surface area contributed by atoms with E-state index in [1.165, 1.54) is 0 Å². The SMILES string of the molecule is C=C1CCC(O)C/C1=C/C=C1\CCCC2(C)[C@H]1C([C@@]1(CO)O[C@@H](O[C@H]3[C@H](O)C(O)C(O)O[C@@H]3CO)[C@H](O)[C@@H](O)[C@H]1O)C[C@@H]2[C@H](C)CCCC(C)C. The van der Waals surface area contributed by atoms with Crippen LogP contribution in [-0.2, 0) is 14.2 Å². The van der Waals surface area contributed by atoms with Crippen LogP contribution >= 0.6 is 0 Å². The molecule has 5 unspecified atom stereocenters. The topological polar surface area (TPSA) is 210 Å². The van der Waals surface area contributed by atoms with Gasteiger partial charge in [-0.25, -0.2) is 0 Å². The molecule has 3 saturated carbocycles. The Labute approximate surface area is 302 Å². The Morgan fingerprint density at radius 2 is 1.67 bits per heavy atom. The smallest absolute Gasteiger partial charge is 0.187 e. The summed E-state index contributed by atoms with van der Waals surface area (Å²) in [5.41, 5.74) is 1.05. The maximum atomic E-state index is 11.8. The summed E-state index contributed by atoms with van der Waals surface area (Å²) in [5, 5.41) is 97.3. The van der Waals surface area contributed by atoms with Gasteiger partial charge in [-0.05, 0) is 79.6 Å². The van der Waals surface area contributed by atoms with E-state index in [9.17, 15) is 46.0 Å². The van der Waals surface area contributed by atoms with Gasteiger partial charge in [0.2, 0.25) is 0 Å². The standard InChI is InChI=1S/C39H64O12/c1-20(2)8-6-9-22(4)26-17-27(29-23(10-7-15-38(26,29)5)12-13-24-16-25(42)14-11-21(24)3)39(19-41)35(47)31(44)33(46)37(51-39)50-34-28(18-40)49-36(48)32(45)30(34)43/h12-13,20,22,25-37,40-48H,3,6-11,14-19H2,1-2,4-5H3/b23-12+,24-13-/t22-,25?,26-,27?,28-,29-,30-,31-,32?,33-,34-,35-,36?,37-,38?,39-/m1/s1. The molecule has 292 valence electrons. The van der Waals surface area contributed by atoms with E-state index in [1.54, 1.807) is 0 Å². The second kappa shape index (κ2) is 16.6. The molecule has 0 spiro atoms. The average Bonchev–Trinajstić information content (AvgIpc) is 3.42. The molecule has 5 rings (SSSR count). The first kappa shape index (κ1) is 40.9. The zero-order valence-electron chi connectivity index (χ0n) is 30.8. The van der Waals surface area contributed by atoms with Crippen molar-refractivity contribution in [2.45, 2.75) is 159 Å². The lowest BCUT2D eigenvalue weighted by atomic mass is 9.58. The van der Waals surface area contributed by atoms with Crippen LogP contribution in [0.2, 0.25) is 0 Å². The molecule has 51 heavy (non-hydrogen) atoms.